The number of nitrogens with two attached hydrogens (primary N) is 1. The highest BCUT2D eigenvalue weighted by Crippen LogP contribution is 2.16. The Labute approximate surface area is 103 Å². The van der Waals surface area contributed by atoms with Gasteiger partial charge in [0.15, 0.2) is 0 Å². The van der Waals surface area contributed by atoms with Gasteiger partial charge in [0.25, 0.3) is 0 Å². The molecule has 3 N–H and O–H groups in total. The fourth-order valence-electron chi connectivity index (χ4n) is 1.33. The minimum atomic E-state index is -3.50. The molecule has 0 saturated carbocycles. The molecule has 1 aromatic carbocycles. The van der Waals surface area contributed by atoms with Crippen LogP contribution < -0.4 is 10.5 Å². The number of benzene rings is 1. The van der Waals surface area contributed by atoms with Crippen molar-refractivity contribution in [1.29, 1.82) is 0 Å². The highest BCUT2D eigenvalue weighted by atomic mass is 32.2. The van der Waals surface area contributed by atoms with Crippen LogP contribution >= 0.6 is 0 Å². The van der Waals surface area contributed by atoms with E-state index in [0.717, 1.165) is 6.54 Å². The Balaban J connectivity index is 2.67. The van der Waals surface area contributed by atoms with Crippen LogP contribution in [0, 0.1) is 0 Å². The molecule has 0 unspecified atom stereocenters. The van der Waals surface area contributed by atoms with Crippen molar-refractivity contribution in [2.45, 2.75) is 11.8 Å². The van der Waals surface area contributed by atoms with E-state index in [1.54, 1.807) is 18.2 Å². The Morgan fingerprint density at radius 1 is 1.35 bits per heavy atom. The second-order valence-corrected chi connectivity index (χ2v) is 5.57. The van der Waals surface area contributed by atoms with E-state index >= 15 is 0 Å². The van der Waals surface area contributed by atoms with E-state index in [2.05, 4.69) is 4.72 Å². The number of hydrogen-bond acceptors (Lipinski definition) is 4. The minimum absolute atomic E-state index is 0.138. The molecule has 0 bridgehead atoms. The molecular formula is C11H19N3O2S. The molecule has 0 aromatic heterocycles. The summed E-state index contributed by atoms with van der Waals surface area (Å²) in [7, 11) is -1.56. The summed E-state index contributed by atoms with van der Waals surface area (Å²) < 4.78 is 26.4. The maximum Gasteiger partial charge on any atom is 0.242 e. The first-order chi connectivity index (χ1) is 7.97. The molecule has 6 heteroatoms. The molecular weight excluding hydrogens is 238 g/mol. The van der Waals surface area contributed by atoms with Gasteiger partial charge in [0.2, 0.25) is 10.0 Å². The molecule has 0 fully saturated rings. The van der Waals surface area contributed by atoms with Crippen molar-refractivity contribution >= 4 is 15.7 Å². The van der Waals surface area contributed by atoms with Crippen LogP contribution in [0.15, 0.2) is 29.2 Å². The fourth-order valence-corrected chi connectivity index (χ4v) is 2.48. The number of likely N-dealkylation sites (N-methyl/N-ethyl adjacent to an activating group) is 1. The number of nitrogens with one attached hydrogen (secondary N) is 1. The highest BCUT2D eigenvalue weighted by Gasteiger charge is 2.15. The first-order valence-electron chi connectivity index (χ1n) is 5.50. The maximum absolute atomic E-state index is 11.9. The van der Waals surface area contributed by atoms with Crippen molar-refractivity contribution in [2.24, 2.45) is 0 Å². The van der Waals surface area contributed by atoms with Crippen LogP contribution in [-0.4, -0.2) is 40.0 Å². The summed E-state index contributed by atoms with van der Waals surface area (Å²) in [5.74, 6) is 0. The van der Waals surface area contributed by atoms with Crippen molar-refractivity contribution in [3.63, 3.8) is 0 Å². The van der Waals surface area contributed by atoms with E-state index in [1.165, 1.54) is 6.07 Å². The zero-order valence-corrected chi connectivity index (χ0v) is 11.0. The van der Waals surface area contributed by atoms with Gasteiger partial charge in [-0.3, -0.25) is 0 Å². The van der Waals surface area contributed by atoms with Crippen molar-refractivity contribution in [2.75, 3.05) is 32.4 Å². The number of sulfonamides is 1. The first kappa shape index (κ1) is 14.0. The van der Waals surface area contributed by atoms with Gasteiger partial charge in [-0.25, -0.2) is 13.1 Å². The number of hydrogen-bond donors (Lipinski definition) is 2. The van der Waals surface area contributed by atoms with E-state index in [4.69, 9.17) is 5.73 Å². The molecule has 5 nitrogen and oxygen atoms in total. The number of rotatable bonds is 6. The molecule has 1 aromatic rings. The van der Waals surface area contributed by atoms with Gasteiger partial charge >= 0.3 is 0 Å². The molecule has 0 radical (unpaired) electrons. The zero-order valence-electron chi connectivity index (χ0n) is 10.2. The summed E-state index contributed by atoms with van der Waals surface area (Å²) in [4.78, 5) is 2.16. The summed E-state index contributed by atoms with van der Waals surface area (Å²) in [5, 5.41) is 0. The predicted octanol–water partition coefficient (Wildman–Crippen LogP) is 0.499. The van der Waals surface area contributed by atoms with Gasteiger partial charge in [-0.1, -0.05) is 19.1 Å². The van der Waals surface area contributed by atoms with Gasteiger partial charge in [0.05, 0.1) is 5.69 Å². The maximum atomic E-state index is 11.9. The van der Waals surface area contributed by atoms with E-state index in [-0.39, 0.29) is 10.6 Å². The molecule has 0 heterocycles. The molecule has 96 valence electrons. The topological polar surface area (TPSA) is 75.4 Å². The van der Waals surface area contributed by atoms with Crippen LogP contribution in [0.2, 0.25) is 0 Å². The standard InChI is InChI=1S/C11H19N3O2S/c1-3-14(2)9-8-13-17(15,16)11-7-5-4-6-10(11)12/h4-7,13H,3,8-9,12H2,1-2H3. The number of nitrogen functional groups attached to an aromatic ring is 1. The van der Waals surface area contributed by atoms with E-state index < -0.39 is 10.0 Å². The van der Waals surface area contributed by atoms with E-state index in [0.29, 0.717) is 13.1 Å². The monoisotopic (exact) mass is 257 g/mol. The van der Waals surface area contributed by atoms with Gasteiger partial charge in [0.1, 0.15) is 4.90 Å². The van der Waals surface area contributed by atoms with Gasteiger partial charge < -0.3 is 10.6 Å². The Morgan fingerprint density at radius 3 is 2.59 bits per heavy atom. The average molecular weight is 257 g/mol. The Kier molecular flexibility index (Phi) is 4.92. The summed E-state index contributed by atoms with van der Waals surface area (Å²) in [5.41, 5.74) is 5.90. The lowest BCUT2D eigenvalue weighted by Gasteiger charge is -2.14. The van der Waals surface area contributed by atoms with Crippen molar-refractivity contribution < 1.29 is 8.42 Å². The van der Waals surface area contributed by atoms with Crippen LogP contribution in [0.4, 0.5) is 5.69 Å². The lowest BCUT2D eigenvalue weighted by Crippen LogP contribution is -2.33. The quantitative estimate of drug-likeness (QED) is 0.728. The molecule has 0 amide bonds. The minimum Gasteiger partial charge on any atom is -0.398 e. The third-order valence-corrected chi connectivity index (χ3v) is 4.07. The summed E-state index contributed by atoms with van der Waals surface area (Å²) in [6.45, 7) is 3.95. The lowest BCUT2D eigenvalue weighted by atomic mass is 10.3. The van der Waals surface area contributed by atoms with Crippen LogP contribution in [0.25, 0.3) is 0 Å². The third-order valence-electron chi connectivity index (χ3n) is 2.53. The number of para-hydroxylation sites is 1. The molecule has 0 atom stereocenters. The van der Waals surface area contributed by atoms with Gasteiger partial charge in [-0.2, -0.15) is 0 Å². The molecule has 1 rings (SSSR count). The van der Waals surface area contributed by atoms with E-state index in [9.17, 15) is 8.42 Å². The smallest absolute Gasteiger partial charge is 0.242 e. The molecule has 0 aliphatic rings. The summed E-state index contributed by atoms with van der Waals surface area (Å²) >= 11 is 0. The SMILES string of the molecule is CCN(C)CCNS(=O)(=O)c1ccccc1N. The summed E-state index contributed by atoms with van der Waals surface area (Å²) in [6, 6.07) is 6.44. The van der Waals surface area contributed by atoms with Gasteiger partial charge in [-0.05, 0) is 25.7 Å². The van der Waals surface area contributed by atoms with Gasteiger partial charge in [-0.15, -0.1) is 0 Å². The second-order valence-electron chi connectivity index (χ2n) is 3.83. The third kappa shape index (κ3) is 3.99. The predicted molar refractivity (Wildman–Crippen MR) is 69.2 cm³/mol. The fraction of sp³-hybridized carbons (Fsp3) is 0.455. The van der Waals surface area contributed by atoms with Crippen molar-refractivity contribution in [1.82, 2.24) is 9.62 Å². The Morgan fingerprint density at radius 2 is 2.00 bits per heavy atom. The van der Waals surface area contributed by atoms with Crippen molar-refractivity contribution in [3.8, 4) is 0 Å². The van der Waals surface area contributed by atoms with Crippen LogP contribution in [0.3, 0.4) is 0 Å². The largest absolute Gasteiger partial charge is 0.398 e. The molecule has 0 spiro atoms. The summed E-state index contributed by atoms with van der Waals surface area (Å²) in [6.07, 6.45) is 0. The molecule has 0 aliphatic carbocycles. The van der Waals surface area contributed by atoms with Crippen LogP contribution in [-0.2, 0) is 10.0 Å². The lowest BCUT2D eigenvalue weighted by molar-refractivity contribution is 0.358. The van der Waals surface area contributed by atoms with Crippen LogP contribution in [0.1, 0.15) is 6.92 Å². The van der Waals surface area contributed by atoms with Gasteiger partial charge in [0, 0.05) is 13.1 Å². The van der Waals surface area contributed by atoms with Crippen LogP contribution in [0.5, 0.6) is 0 Å². The first-order valence-corrected chi connectivity index (χ1v) is 6.98. The zero-order chi connectivity index (χ0) is 12.9. The molecule has 0 saturated heterocycles. The number of nitrogens with zero attached hydrogens (tertiary/aromatic N) is 1. The highest BCUT2D eigenvalue weighted by molar-refractivity contribution is 7.89. The molecule has 17 heavy (non-hydrogen) atoms. The number of anilines is 1. The Bertz CT molecular complexity index is 460. The van der Waals surface area contributed by atoms with Crippen molar-refractivity contribution in [3.05, 3.63) is 24.3 Å². The normalized spacial score (nSPS) is 11.9. The second kappa shape index (κ2) is 6.00. The van der Waals surface area contributed by atoms with E-state index in [1.807, 2.05) is 18.9 Å². The average Bonchev–Trinajstić information content (AvgIpc) is 2.28. The Hall–Kier alpha value is -1.11. The molecule has 0 aliphatic heterocycles.